The van der Waals surface area contributed by atoms with E-state index < -0.39 is 0 Å². The van der Waals surface area contributed by atoms with Crippen molar-refractivity contribution in [2.75, 3.05) is 19.6 Å². The van der Waals surface area contributed by atoms with Gasteiger partial charge in [-0.3, -0.25) is 4.90 Å². The maximum Gasteiger partial charge on any atom is 0.138 e. The minimum Gasteiger partial charge on any atom is -0.305 e. The Morgan fingerprint density at radius 1 is 1.50 bits per heavy atom. The predicted molar refractivity (Wildman–Crippen MR) is 49.2 cm³/mol. The molecule has 0 aromatic rings. The van der Waals surface area contributed by atoms with Gasteiger partial charge < -0.3 is 10.1 Å². The van der Waals surface area contributed by atoms with E-state index in [0.717, 1.165) is 25.9 Å². The molecule has 1 aliphatic heterocycles. The molecule has 3 heteroatoms. The zero-order valence-electron chi connectivity index (χ0n) is 8.13. The Labute approximate surface area is 74.1 Å². The molecule has 0 spiro atoms. The number of nitrogens with one attached hydrogen (secondary N) is 1. The summed E-state index contributed by atoms with van der Waals surface area (Å²) < 4.78 is 0. The number of nitrogens with zero attached hydrogens (tertiary/aromatic N) is 1. The summed E-state index contributed by atoms with van der Waals surface area (Å²) >= 11 is 0. The number of aldehydes is 1. The van der Waals surface area contributed by atoms with Crippen LogP contribution in [0.25, 0.3) is 0 Å². The lowest BCUT2D eigenvalue weighted by atomic mass is 10.0. The molecule has 0 aromatic heterocycles. The van der Waals surface area contributed by atoms with Crippen LogP contribution >= 0.6 is 0 Å². The zero-order valence-corrected chi connectivity index (χ0v) is 8.13. The fourth-order valence-electron chi connectivity index (χ4n) is 1.48. The van der Waals surface area contributed by atoms with Gasteiger partial charge >= 0.3 is 0 Å². The number of rotatable bonds is 1. The van der Waals surface area contributed by atoms with Crippen molar-refractivity contribution in [1.82, 2.24) is 10.2 Å². The minimum absolute atomic E-state index is 0.0259. The molecule has 1 saturated heterocycles. The first-order chi connectivity index (χ1) is 5.54. The first kappa shape index (κ1) is 9.68. The zero-order chi connectivity index (χ0) is 9.19. The summed E-state index contributed by atoms with van der Waals surface area (Å²) in [6.07, 6.45) is 0.998. The van der Waals surface area contributed by atoms with Gasteiger partial charge in [0, 0.05) is 25.2 Å². The monoisotopic (exact) mass is 170 g/mol. The third-order valence-electron chi connectivity index (χ3n) is 2.32. The van der Waals surface area contributed by atoms with E-state index in [2.05, 4.69) is 31.0 Å². The fourth-order valence-corrected chi connectivity index (χ4v) is 1.48. The van der Waals surface area contributed by atoms with Gasteiger partial charge in [-0.25, -0.2) is 0 Å². The molecular weight excluding hydrogens is 152 g/mol. The molecule has 12 heavy (non-hydrogen) atoms. The Morgan fingerprint density at radius 2 is 2.17 bits per heavy atom. The lowest BCUT2D eigenvalue weighted by molar-refractivity contribution is -0.111. The highest BCUT2D eigenvalue weighted by Crippen LogP contribution is 2.14. The van der Waals surface area contributed by atoms with Crippen molar-refractivity contribution in [3.63, 3.8) is 0 Å². The van der Waals surface area contributed by atoms with E-state index in [4.69, 9.17) is 0 Å². The Balaban J connectivity index is 2.51. The van der Waals surface area contributed by atoms with Crippen LogP contribution in [0.5, 0.6) is 0 Å². The Bertz CT molecular complexity index is 162. The quantitative estimate of drug-likeness (QED) is 0.573. The van der Waals surface area contributed by atoms with Crippen LogP contribution < -0.4 is 5.32 Å². The summed E-state index contributed by atoms with van der Waals surface area (Å²) in [7, 11) is 0. The average molecular weight is 170 g/mol. The smallest absolute Gasteiger partial charge is 0.138 e. The third kappa shape index (κ3) is 2.29. The van der Waals surface area contributed by atoms with E-state index >= 15 is 0 Å². The van der Waals surface area contributed by atoms with Gasteiger partial charge in [-0.15, -0.1) is 0 Å². The van der Waals surface area contributed by atoms with Crippen LogP contribution in [0.15, 0.2) is 0 Å². The Hall–Kier alpha value is -0.410. The fraction of sp³-hybridized carbons (Fsp3) is 0.889. The van der Waals surface area contributed by atoms with Gasteiger partial charge in [0.1, 0.15) is 6.29 Å². The predicted octanol–water partition coefficient (Wildman–Crippen LogP) is 0.258. The second-order valence-electron chi connectivity index (χ2n) is 4.31. The van der Waals surface area contributed by atoms with Crippen molar-refractivity contribution in [2.45, 2.75) is 32.4 Å². The van der Waals surface area contributed by atoms with Crippen LogP contribution in [0.4, 0.5) is 0 Å². The van der Waals surface area contributed by atoms with Gasteiger partial charge in [-0.1, -0.05) is 0 Å². The lowest BCUT2D eigenvalue weighted by Gasteiger charge is -2.40. The SMILES string of the molecule is CC(C)(C)N1CCNC(C=O)C1. The summed E-state index contributed by atoms with van der Waals surface area (Å²) in [5.41, 5.74) is 0.184. The lowest BCUT2D eigenvalue weighted by Crippen LogP contribution is -2.57. The molecule has 1 atom stereocenters. The highest BCUT2D eigenvalue weighted by molar-refractivity contribution is 5.58. The summed E-state index contributed by atoms with van der Waals surface area (Å²) in [5.74, 6) is 0. The Kier molecular flexibility index (Phi) is 2.85. The Morgan fingerprint density at radius 3 is 2.67 bits per heavy atom. The number of hydrogen-bond donors (Lipinski definition) is 1. The summed E-state index contributed by atoms with van der Waals surface area (Å²) in [5, 5.41) is 3.16. The maximum atomic E-state index is 10.5. The van der Waals surface area contributed by atoms with E-state index in [1.165, 1.54) is 0 Å². The first-order valence-electron chi connectivity index (χ1n) is 4.48. The van der Waals surface area contributed by atoms with Crippen molar-refractivity contribution in [1.29, 1.82) is 0 Å². The molecule has 1 fully saturated rings. The first-order valence-corrected chi connectivity index (χ1v) is 4.48. The molecule has 0 aliphatic carbocycles. The molecule has 0 bridgehead atoms. The second-order valence-corrected chi connectivity index (χ2v) is 4.31. The number of carbonyl (C=O) groups is 1. The number of carbonyl (C=O) groups excluding carboxylic acids is 1. The highest BCUT2D eigenvalue weighted by atomic mass is 16.1. The minimum atomic E-state index is 0.0259. The van der Waals surface area contributed by atoms with Crippen LogP contribution in [0.1, 0.15) is 20.8 Å². The number of piperazine rings is 1. The van der Waals surface area contributed by atoms with Gasteiger partial charge in [-0.05, 0) is 20.8 Å². The van der Waals surface area contributed by atoms with Gasteiger partial charge in [0.05, 0.1) is 6.04 Å². The molecule has 1 rings (SSSR count). The molecule has 0 amide bonds. The van der Waals surface area contributed by atoms with Crippen molar-refractivity contribution in [3.8, 4) is 0 Å². The van der Waals surface area contributed by atoms with Crippen LogP contribution in [-0.4, -0.2) is 42.4 Å². The van der Waals surface area contributed by atoms with E-state index in [0.29, 0.717) is 0 Å². The topological polar surface area (TPSA) is 32.3 Å². The number of hydrogen-bond acceptors (Lipinski definition) is 3. The van der Waals surface area contributed by atoms with E-state index in [9.17, 15) is 4.79 Å². The maximum absolute atomic E-state index is 10.5. The molecule has 1 aliphatic rings. The third-order valence-corrected chi connectivity index (χ3v) is 2.32. The summed E-state index contributed by atoms with van der Waals surface area (Å²) in [6, 6.07) is 0.0259. The van der Waals surface area contributed by atoms with Gasteiger partial charge in [0.15, 0.2) is 0 Å². The summed E-state index contributed by atoms with van der Waals surface area (Å²) in [4.78, 5) is 12.9. The average Bonchev–Trinajstić information content (AvgIpc) is 2.03. The van der Waals surface area contributed by atoms with Crippen LogP contribution in [0.3, 0.4) is 0 Å². The molecule has 1 N–H and O–H groups in total. The molecule has 0 radical (unpaired) electrons. The molecule has 3 nitrogen and oxygen atoms in total. The van der Waals surface area contributed by atoms with Gasteiger partial charge in [-0.2, -0.15) is 0 Å². The normalized spacial score (nSPS) is 27.1. The van der Waals surface area contributed by atoms with Crippen LogP contribution in [0.2, 0.25) is 0 Å². The van der Waals surface area contributed by atoms with E-state index in [1.54, 1.807) is 0 Å². The van der Waals surface area contributed by atoms with Gasteiger partial charge in [0.2, 0.25) is 0 Å². The molecule has 0 aromatic carbocycles. The molecule has 0 saturated carbocycles. The van der Waals surface area contributed by atoms with Crippen molar-refractivity contribution >= 4 is 6.29 Å². The second kappa shape index (κ2) is 3.54. The van der Waals surface area contributed by atoms with Crippen molar-refractivity contribution in [2.24, 2.45) is 0 Å². The van der Waals surface area contributed by atoms with Crippen molar-refractivity contribution < 1.29 is 4.79 Å². The molecule has 1 unspecified atom stereocenters. The highest BCUT2D eigenvalue weighted by Gasteiger charge is 2.26. The molecule has 70 valence electrons. The standard InChI is InChI=1S/C9H18N2O/c1-9(2,3)11-5-4-10-8(6-11)7-12/h7-8,10H,4-6H2,1-3H3. The van der Waals surface area contributed by atoms with E-state index in [-0.39, 0.29) is 11.6 Å². The molecular formula is C9H18N2O. The van der Waals surface area contributed by atoms with Gasteiger partial charge in [0.25, 0.3) is 0 Å². The largest absolute Gasteiger partial charge is 0.305 e. The van der Waals surface area contributed by atoms with Crippen molar-refractivity contribution in [3.05, 3.63) is 0 Å². The van der Waals surface area contributed by atoms with Crippen LogP contribution in [0, 0.1) is 0 Å². The van der Waals surface area contributed by atoms with Crippen LogP contribution in [-0.2, 0) is 4.79 Å². The molecule has 1 heterocycles. The summed E-state index contributed by atoms with van der Waals surface area (Å²) in [6.45, 7) is 9.34. The van der Waals surface area contributed by atoms with E-state index in [1.807, 2.05) is 0 Å².